The lowest BCUT2D eigenvalue weighted by Crippen LogP contribution is -2.06. The van der Waals surface area contributed by atoms with Crippen LogP contribution in [0.3, 0.4) is 0 Å². The molecule has 0 bridgehead atoms. The summed E-state index contributed by atoms with van der Waals surface area (Å²) in [7, 11) is 1.85. The average Bonchev–Trinajstić information content (AvgIpc) is 2.94. The number of imidazole rings is 1. The van der Waals surface area contributed by atoms with Crippen molar-refractivity contribution in [2.75, 3.05) is 0 Å². The molecule has 0 saturated heterocycles. The summed E-state index contributed by atoms with van der Waals surface area (Å²) in [4.78, 5) is 8.77. The predicted octanol–water partition coefficient (Wildman–Crippen LogP) is 2.71. The van der Waals surface area contributed by atoms with Crippen molar-refractivity contribution in [3.05, 3.63) is 40.6 Å². The maximum Gasteiger partial charge on any atom is 0.170 e. The first-order chi connectivity index (χ1) is 9.17. The van der Waals surface area contributed by atoms with Crippen LogP contribution in [0.15, 0.2) is 29.0 Å². The Hall–Kier alpha value is -1.40. The van der Waals surface area contributed by atoms with Gasteiger partial charge in [-0.2, -0.15) is 5.10 Å². The van der Waals surface area contributed by atoms with Crippen molar-refractivity contribution in [3.63, 3.8) is 0 Å². The third-order valence-electron chi connectivity index (χ3n) is 2.86. The Balaban J connectivity index is 2.12. The lowest BCUT2D eigenvalue weighted by Gasteiger charge is -2.04. The van der Waals surface area contributed by atoms with Gasteiger partial charge >= 0.3 is 0 Å². The molecule has 1 aromatic carbocycles. The Bertz CT molecular complexity index is 733. The van der Waals surface area contributed by atoms with Crippen LogP contribution < -0.4 is 0 Å². The van der Waals surface area contributed by atoms with Gasteiger partial charge in [0.25, 0.3) is 0 Å². The molecule has 2 aromatic heterocycles. The average molecular weight is 341 g/mol. The molecule has 0 radical (unpaired) electrons. The predicted molar refractivity (Wildman–Crippen MR) is 77.1 cm³/mol. The molecule has 0 unspecified atom stereocenters. The summed E-state index contributed by atoms with van der Waals surface area (Å²) in [5.74, 6) is 1.93. The molecule has 0 spiro atoms. The van der Waals surface area contributed by atoms with Crippen LogP contribution in [0, 0.1) is 0 Å². The zero-order chi connectivity index (χ0) is 13.4. The second-order valence-corrected chi connectivity index (χ2v) is 5.40. The van der Waals surface area contributed by atoms with E-state index in [-0.39, 0.29) is 0 Å². The summed E-state index contributed by atoms with van der Waals surface area (Å²) < 4.78 is 4.74. The van der Waals surface area contributed by atoms with E-state index >= 15 is 0 Å². The van der Waals surface area contributed by atoms with Crippen LogP contribution >= 0.6 is 27.5 Å². The molecule has 7 heteroatoms. The SMILES string of the molecule is Cn1cnc(Cn2c(CCl)nc3ccc(Br)cc32)n1. The topological polar surface area (TPSA) is 48.5 Å². The molecule has 0 aliphatic rings. The lowest BCUT2D eigenvalue weighted by atomic mass is 10.3. The van der Waals surface area contributed by atoms with E-state index in [1.165, 1.54) is 0 Å². The molecule has 5 nitrogen and oxygen atoms in total. The molecule has 3 aromatic rings. The van der Waals surface area contributed by atoms with Gasteiger partial charge in [-0.25, -0.2) is 9.97 Å². The summed E-state index contributed by atoms with van der Waals surface area (Å²) in [5.41, 5.74) is 1.95. The lowest BCUT2D eigenvalue weighted by molar-refractivity contribution is 0.697. The molecule has 3 rings (SSSR count). The minimum atomic E-state index is 0.360. The second kappa shape index (κ2) is 4.94. The summed E-state index contributed by atoms with van der Waals surface area (Å²) in [5, 5.41) is 4.29. The fourth-order valence-corrected chi connectivity index (χ4v) is 2.58. The van der Waals surface area contributed by atoms with Crippen molar-refractivity contribution in [1.82, 2.24) is 24.3 Å². The highest BCUT2D eigenvalue weighted by molar-refractivity contribution is 9.10. The third kappa shape index (κ3) is 2.37. The molecule has 0 fully saturated rings. The molecule has 0 aliphatic heterocycles. The number of hydrogen-bond donors (Lipinski definition) is 0. The fraction of sp³-hybridized carbons (Fsp3) is 0.250. The Morgan fingerprint density at radius 2 is 2.21 bits per heavy atom. The zero-order valence-electron chi connectivity index (χ0n) is 10.2. The van der Waals surface area contributed by atoms with Crippen molar-refractivity contribution in [2.45, 2.75) is 12.4 Å². The van der Waals surface area contributed by atoms with Crippen LogP contribution in [-0.4, -0.2) is 24.3 Å². The van der Waals surface area contributed by atoms with E-state index in [9.17, 15) is 0 Å². The van der Waals surface area contributed by atoms with E-state index in [0.717, 1.165) is 27.2 Å². The fourth-order valence-electron chi connectivity index (χ4n) is 2.02. The Morgan fingerprint density at radius 3 is 2.89 bits per heavy atom. The van der Waals surface area contributed by atoms with E-state index < -0.39 is 0 Å². The van der Waals surface area contributed by atoms with Crippen LogP contribution in [0.2, 0.25) is 0 Å². The minimum absolute atomic E-state index is 0.360. The minimum Gasteiger partial charge on any atom is -0.319 e. The molecule has 19 heavy (non-hydrogen) atoms. The van der Waals surface area contributed by atoms with E-state index in [1.54, 1.807) is 11.0 Å². The molecule has 0 aliphatic carbocycles. The summed E-state index contributed by atoms with van der Waals surface area (Å²) in [6.07, 6.45) is 1.69. The van der Waals surface area contributed by atoms with Gasteiger partial charge in [0.1, 0.15) is 12.2 Å². The highest BCUT2D eigenvalue weighted by Gasteiger charge is 2.12. The number of benzene rings is 1. The normalized spacial score (nSPS) is 11.3. The largest absolute Gasteiger partial charge is 0.319 e. The standard InChI is InChI=1S/C12H11BrClN5/c1-18-7-15-11(17-18)6-19-10-4-8(13)2-3-9(10)16-12(19)5-14/h2-4,7H,5-6H2,1H3. The van der Waals surface area contributed by atoms with Gasteiger partial charge in [0.15, 0.2) is 5.82 Å². The molecule has 0 N–H and O–H groups in total. The number of aromatic nitrogens is 5. The first-order valence-electron chi connectivity index (χ1n) is 5.72. The quantitative estimate of drug-likeness (QED) is 0.689. The Labute approximate surface area is 123 Å². The van der Waals surface area contributed by atoms with Crippen LogP contribution in [0.1, 0.15) is 11.6 Å². The van der Waals surface area contributed by atoms with Crippen molar-refractivity contribution in [1.29, 1.82) is 0 Å². The van der Waals surface area contributed by atoms with Crippen molar-refractivity contribution in [2.24, 2.45) is 7.05 Å². The van der Waals surface area contributed by atoms with Crippen LogP contribution in [0.5, 0.6) is 0 Å². The number of alkyl halides is 1. The number of rotatable bonds is 3. The maximum absolute atomic E-state index is 5.97. The summed E-state index contributed by atoms with van der Waals surface area (Å²) in [6, 6.07) is 5.97. The third-order valence-corrected chi connectivity index (χ3v) is 3.59. The highest BCUT2D eigenvalue weighted by atomic mass is 79.9. The first kappa shape index (κ1) is 12.6. The Kier molecular flexibility index (Phi) is 3.28. The smallest absolute Gasteiger partial charge is 0.170 e. The van der Waals surface area contributed by atoms with Crippen LogP contribution in [0.4, 0.5) is 0 Å². The van der Waals surface area contributed by atoms with Crippen LogP contribution in [-0.2, 0) is 19.5 Å². The van der Waals surface area contributed by atoms with Crippen molar-refractivity contribution >= 4 is 38.6 Å². The molecule has 0 amide bonds. The maximum atomic E-state index is 5.97. The molecule has 2 heterocycles. The van der Waals surface area contributed by atoms with E-state index in [1.807, 2.05) is 29.8 Å². The molecular formula is C12H11BrClN5. The number of fused-ring (bicyclic) bond motifs is 1. The molecule has 0 saturated carbocycles. The number of nitrogens with zero attached hydrogens (tertiary/aromatic N) is 5. The first-order valence-corrected chi connectivity index (χ1v) is 7.05. The summed E-state index contributed by atoms with van der Waals surface area (Å²) >= 11 is 9.45. The second-order valence-electron chi connectivity index (χ2n) is 4.22. The molecule has 0 atom stereocenters. The van der Waals surface area contributed by atoms with Gasteiger partial charge in [-0.05, 0) is 18.2 Å². The van der Waals surface area contributed by atoms with Gasteiger partial charge in [0.2, 0.25) is 0 Å². The van der Waals surface area contributed by atoms with Gasteiger partial charge in [-0.15, -0.1) is 11.6 Å². The van der Waals surface area contributed by atoms with Gasteiger partial charge in [-0.3, -0.25) is 4.68 Å². The number of halogens is 2. The summed E-state index contributed by atoms with van der Waals surface area (Å²) in [6.45, 7) is 0.565. The van der Waals surface area contributed by atoms with E-state index in [4.69, 9.17) is 11.6 Å². The van der Waals surface area contributed by atoms with Crippen LogP contribution in [0.25, 0.3) is 11.0 Å². The van der Waals surface area contributed by atoms with Gasteiger partial charge in [0, 0.05) is 11.5 Å². The van der Waals surface area contributed by atoms with Gasteiger partial charge in [-0.1, -0.05) is 15.9 Å². The zero-order valence-corrected chi connectivity index (χ0v) is 12.6. The number of hydrogen-bond acceptors (Lipinski definition) is 3. The van der Waals surface area contributed by atoms with E-state index in [2.05, 4.69) is 31.0 Å². The van der Waals surface area contributed by atoms with Gasteiger partial charge < -0.3 is 4.57 Å². The number of aryl methyl sites for hydroxylation is 1. The monoisotopic (exact) mass is 339 g/mol. The van der Waals surface area contributed by atoms with E-state index in [0.29, 0.717) is 12.4 Å². The van der Waals surface area contributed by atoms with Gasteiger partial charge in [0.05, 0.1) is 23.5 Å². The highest BCUT2D eigenvalue weighted by Crippen LogP contribution is 2.22. The molecule has 98 valence electrons. The molecular weight excluding hydrogens is 330 g/mol. The van der Waals surface area contributed by atoms with Crippen molar-refractivity contribution in [3.8, 4) is 0 Å². The van der Waals surface area contributed by atoms with Crippen molar-refractivity contribution < 1.29 is 0 Å². The Morgan fingerprint density at radius 1 is 1.37 bits per heavy atom.